The number of hydrogen-bond donors (Lipinski definition) is 2. The quantitative estimate of drug-likeness (QED) is 0.691. The maximum atomic E-state index is 12.5. The first-order valence-corrected chi connectivity index (χ1v) is 9.80. The molecule has 0 aromatic heterocycles. The van der Waals surface area contributed by atoms with Crippen molar-refractivity contribution < 1.29 is 19.6 Å². The van der Waals surface area contributed by atoms with E-state index in [4.69, 9.17) is 9.47 Å². The molecule has 5 nitrogen and oxygen atoms in total. The predicted octanol–water partition coefficient (Wildman–Crippen LogP) is 3.73. The lowest BCUT2D eigenvalue weighted by atomic mass is 9.93. The van der Waals surface area contributed by atoms with Gasteiger partial charge in [-0.3, -0.25) is 4.79 Å². The Balaban J connectivity index is 2.00. The topological polar surface area (TPSA) is 64.2 Å². The van der Waals surface area contributed by atoms with Gasteiger partial charge in [-0.25, -0.2) is 0 Å². The van der Waals surface area contributed by atoms with Crippen molar-refractivity contribution in [2.24, 2.45) is 5.92 Å². The Kier molecular flexibility index (Phi) is 7.88. The molecule has 0 radical (unpaired) electrons. The maximum absolute atomic E-state index is 12.5. The molecular formula is C23H33N2O3+. The predicted molar refractivity (Wildman–Crippen MR) is 113 cm³/mol. The molecule has 2 aromatic carbocycles. The lowest BCUT2D eigenvalue weighted by molar-refractivity contribution is -0.692. The van der Waals surface area contributed by atoms with Crippen molar-refractivity contribution in [1.29, 1.82) is 0 Å². The highest BCUT2D eigenvalue weighted by Crippen LogP contribution is 2.29. The van der Waals surface area contributed by atoms with Crippen molar-refractivity contribution in [2.45, 2.75) is 39.7 Å². The van der Waals surface area contributed by atoms with E-state index in [-0.39, 0.29) is 11.9 Å². The Morgan fingerprint density at radius 1 is 0.929 bits per heavy atom. The van der Waals surface area contributed by atoms with Crippen LogP contribution in [0.3, 0.4) is 0 Å². The minimum atomic E-state index is -0.0447. The van der Waals surface area contributed by atoms with Gasteiger partial charge in [0.2, 0.25) is 0 Å². The number of carbonyl (C=O) groups is 1. The fraction of sp³-hybridized carbons (Fsp3) is 0.435. The molecule has 0 saturated heterocycles. The van der Waals surface area contributed by atoms with Gasteiger partial charge in [-0.15, -0.1) is 0 Å². The molecule has 0 unspecified atom stereocenters. The molecule has 2 rings (SSSR count). The first-order valence-electron chi connectivity index (χ1n) is 9.80. The molecule has 5 heteroatoms. The van der Waals surface area contributed by atoms with Crippen molar-refractivity contribution in [3.05, 3.63) is 53.6 Å². The van der Waals surface area contributed by atoms with E-state index in [1.54, 1.807) is 26.4 Å². The fourth-order valence-electron chi connectivity index (χ4n) is 3.26. The van der Waals surface area contributed by atoms with Crippen molar-refractivity contribution in [3.8, 4) is 11.5 Å². The van der Waals surface area contributed by atoms with Gasteiger partial charge >= 0.3 is 0 Å². The van der Waals surface area contributed by atoms with Crippen LogP contribution in [0.1, 0.15) is 50.8 Å². The van der Waals surface area contributed by atoms with E-state index in [1.807, 2.05) is 6.07 Å². The zero-order chi connectivity index (χ0) is 20.7. The van der Waals surface area contributed by atoms with Gasteiger partial charge in [-0.2, -0.15) is 0 Å². The number of quaternary nitrogens is 1. The summed E-state index contributed by atoms with van der Waals surface area (Å²) in [6, 6.07) is 14.3. The number of rotatable bonds is 9. The average Bonchev–Trinajstić information content (AvgIpc) is 2.68. The van der Waals surface area contributed by atoms with E-state index in [9.17, 15) is 4.79 Å². The van der Waals surface area contributed by atoms with Crippen LogP contribution in [0, 0.1) is 5.92 Å². The van der Waals surface area contributed by atoms with Crippen LogP contribution in [-0.2, 0) is 4.79 Å². The van der Waals surface area contributed by atoms with E-state index in [0.29, 0.717) is 35.6 Å². The first-order chi connectivity index (χ1) is 13.3. The SMILES string of the molecule is COc1ccc(NC(=O)C[NH2+][C@H](c2ccc(C(C)C)cc2)C(C)C)cc1OC. The number of hydrogen-bond acceptors (Lipinski definition) is 3. The van der Waals surface area contributed by atoms with Crippen LogP contribution in [-0.4, -0.2) is 26.7 Å². The van der Waals surface area contributed by atoms with Gasteiger partial charge in [0.1, 0.15) is 6.04 Å². The van der Waals surface area contributed by atoms with Crippen LogP contribution >= 0.6 is 0 Å². The van der Waals surface area contributed by atoms with Crippen LogP contribution < -0.4 is 20.1 Å². The van der Waals surface area contributed by atoms with Crippen LogP contribution in [0.15, 0.2) is 42.5 Å². The molecule has 0 spiro atoms. The van der Waals surface area contributed by atoms with Gasteiger partial charge in [0.15, 0.2) is 18.0 Å². The van der Waals surface area contributed by atoms with E-state index in [1.165, 1.54) is 11.1 Å². The third-order valence-electron chi connectivity index (χ3n) is 4.93. The number of nitrogens with one attached hydrogen (secondary N) is 1. The molecule has 1 atom stereocenters. The highest BCUT2D eigenvalue weighted by atomic mass is 16.5. The number of methoxy groups -OCH3 is 2. The number of amides is 1. The highest BCUT2D eigenvalue weighted by Gasteiger charge is 2.21. The van der Waals surface area contributed by atoms with E-state index in [2.05, 4.69) is 62.6 Å². The first kappa shape index (κ1) is 21.8. The van der Waals surface area contributed by atoms with Gasteiger partial charge in [0.25, 0.3) is 5.91 Å². The summed E-state index contributed by atoms with van der Waals surface area (Å²) < 4.78 is 10.5. The molecule has 1 amide bonds. The monoisotopic (exact) mass is 385 g/mol. The van der Waals surface area contributed by atoms with E-state index < -0.39 is 0 Å². The third kappa shape index (κ3) is 5.73. The summed E-state index contributed by atoms with van der Waals surface area (Å²) in [7, 11) is 3.17. The lowest BCUT2D eigenvalue weighted by Crippen LogP contribution is -2.88. The number of carbonyl (C=O) groups excluding carboxylic acids is 1. The minimum Gasteiger partial charge on any atom is -0.493 e. The van der Waals surface area contributed by atoms with Gasteiger partial charge < -0.3 is 20.1 Å². The normalized spacial score (nSPS) is 12.1. The molecule has 2 aromatic rings. The molecule has 0 fully saturated rings. The molecular weight excluding hydrogens is 352 g/mol. The fourth-order valence-corrected chi connectivity index (χ4v) is 3.26. The number of anilines is 1. The summed E-state index contributed by atoms with van der Waals surface area (Å²) in [5.41, 5.74) is 3.27. The molecule has 0 bridgehead atoms. The minimum absolute atomic E-state index is 0.0447. The number of ether oxygens (including phenoxy) is 2. The standard InChI is InChI=1S/C23H32N2O3/c1-15(2)17-7-9-18(10-8-17)23(16(3)4)24-14-22(26)25-19-11-12-20(27-5)21(13-19)28-6/h7-13,15-16,23-24H,14H2,1-6H3,(H,25,26)/p+1/t23-/m0/s1. The Morgan fingerprint density at radius 2 is 1.54 bits per heavy atom. The summed E-state index contributed by atoms with van der Waals surface area (Å²) in [6.07, 6.45) is 0. The number of nitrogens with two attached hydrogens (primary N) is 1. The summed E-state index contributed by atoms with van der Waals surface area (Å²) in [5.74, 6) is 2.12. The second-order valence-corrected chi connectivity index (χ2v) is 7.65. The Labute approximate surface area is 168 Å². The van der Waals surface area contributed by atoms with Gasteiger partial charge in [0.05, 0.1) is 14.2 Å². The van der Waals surface area contributed by atoms with E-state index >= 15 is 0 Å². The van der Waals surface area contributed by atoms with Gasteiger partial charge in [0, 0.05) is 23.2 Å². The molecule has 0 aliphatic carbocycles. The summed E-state index contributed by atoms with van der Waals surface area (Å²) in [6.45, 7) is 9.11. The van der Waals surface area contributed by atoms with Crippen LogP contribution in [0.5, 0.6) is 11.5 Å². The van der Waals surface area contributed by atoms with Crippen LogP contribution in [0.25, 0.3) is 0 Å². The van der Waals surface area contributed by atoms with Crippen LogP contribution in [0.4, 0.5) is 5.69 Å². The highest BCUT2D eigenvalue weighted by molar-refractivity contribution is 5.91. The van der Waals surface area contributed by atoms with Gasteiger partial charge in [-0.1, -0.05) is 52.0 Å². The zero-order valence-corrected chi connectivity index (χ0v) is 17.8. The molecule has 3 N–H and O–H groups in total. The largest absolute Gasteiger partial charge is 0.493 e. The van der Waals surface area contributed by atoms with E-state index in [0.717, 1.165) is 0 Å². The summed E-state index contributed by atoms with van der Waals surface area (Å²) in [4.78, 5) is 12.5. The summed E-state index contributed by atoms with van der Waals surface area (Å²) in [5, 5.41) is 5.03. The number of benzene rings is 2. The van der Waals surface area contributed by atoms with Crippen molar-refractivity contribution in [3.63, 3.8) is 0 Å². The van der Waals surface area contributed by atoms with Crippen molar-refractivity contribution >= 4 is 11.6 Å². The lowest BCUT2D eigenvalue weighted by Gasteiger charge is -2.20. The third-order valence-corrected chi connectivity index (χ3v) is 4.93. The molecule has 152 valence electrons. The second-order valence-electron chi connectivity index (χ2n) is 7.65. The Bertz CT molecular complexity index is 770. The molecule has 0 aliphatic heterocycles. The average molecular weight is 386 g/mol. The van der Waals surface area contributed by atoms with Crippen LogP contribution in [0.2, 0.25) is 0 Å². The molecule has 28 heavy (non-hydrogen) atoms. The molecule has 0 saturated carbocycles. The zero-order valence-electron chi connectivity index (χ0n) is 17.8. The smallest absolute Gasteiger partial charge is 0.279 e. The molecule has 0 heterocycles. The maximum Gasteiger partial charge on any atom is 0.279 e. The second kappa shape index (κ2) is 10.1. The Morgan fingerprint density at radius 3 is 2.07 bits per heavy atom. The van der Waals surface area contributed by atoms with Gasteiger partial charge in [-0.05, 0) is 23.6 Å². The van der Waals surface area contributed by atoms with Crippen molar-refractivity contribution in [2.75, 3.05) is 26.1 Å². The Hall–Kier alpha value is -2.53. The molecule has 0 aliphatic rings. The summed E-state index contributed by atoms with van der Waals surface area (Å²) >= 11 is 0. The van der Waals surface area contributed by atoms with Crippen molar-refractivity contribution in [1.82, 2.24) is 0 Å².